The van der Waals surface area contributed by atoms with Gasteiger partial charge < -0.3 is 14.7 Å². The van der Waals surface area contributed by atoms with E-state index in [0.29, 0.717) is 13.2 Å². The van der Waals surface area contributed by atoms with Crippen LogP contribution < -0.4 is 0 Å². The van der Waals surface area contributed by atoms with Gasteiger partial charge in [0.05, 0.1) is 25.4 Å². The molecular formula is C10H18N2O3. The van der Waals surface area contributed by atoms with E-state index in [1.807, 2.05) is 4.90 Å². The van der Waals surface area contributed by atoms with E-state index in [2.05, 4.69) is 4.90 Å². The first kappa shape index (κ1) is 10.9. The molecule has 2 heterocycles. The third kappa shape index (κ3) is 2.30. The van der Waals surface area contributed by atoms with Crippen molar-refractivity contribution in [2.24, 2.45) is 0 Å². The number of piperazine rings is 1. The van der Waals surface area contributed by atoms with Crippen molar-refractivity contribution in [1.29, 1.82) is 0 Å². The number of nitrogens with zero attached hydrogens (tertiary/aromatic N) is 2. The van der Waals surface area contributed by atoms with Gasteiger partial charge in [-0.05, 0) is 0 Å². The lowest BCUT2D eigenvalue weighted by Crippen LogP contribution is -2.54. The standard InChI is InChI=1S/C10H18N2O3/c1-8(13)11-2-4-12(5-3-11)9-6-15-7-10(9)14/h9-10,14H,2-7H2,1H3/t9-,10-/m1/s1. The number of carbonyl (C=O) groups excluding carboxylic acids is 1. The van der Waals surface area contributed by atoms with Crippen LogP contribution >= 0.6 is 0 Å². The average molecular weight is 214 g/mol. The van der Waals surface area contributed by atoms with Crippen molar-refractivity contribution in [2.45, 2.75) is 19.1 Å². The van der Waals surface area contributed by atoms with E-state index < -0.39 is 0 Å². The SMILES string of the molecule is CC(=O)N1CCN([C@@H]2COC[C@H]2O)CC1. The number of amides is 1. The molecule has 86 valence electrons. The smallest absolute Gasteiger partial charge is 0.219 e. The second-order valence-electron chi connectivity index (χ2n) is 4.21. The van der Waals surface area contributed by atoms with Gasteiger partial charge in [-0.25, -0.2) is 0 Å². The fourth-order valence-electron chi connectivity index (χ4n) is 2.25. The molecule has 0 bridgehead atoms. The fraction of sp³-hybridized carbons (Fsp3) is 0.900. The van der Waals surface area contributed by atoms with E-state index in [4.69, 9.17) is 4.74 Å². The van der Waals surface area contributed by atoms with Gasteiger partial charge in [-0.1, -0.05) is 0 Å². The molecule has 0 radical (unpaired) electrons. The van der Waals surface area contributed by atoms with Crippen LogP contribution in [0.1, 0.15) is 6.92 Å². The molecule has 1 N–H and O–H groups in total. The molecule has 15 heavy (non-hydrogen) atoms. The predicted octanol–water partition coefficient (Wildman–Crippen LogP) is -1.09. The Labute approximate surface area is 89.6 Å². The number of carbonyl (C=O) groups is 1. The molecule has 0 aliphatic carbocycles. The first-order valence-electron chi connectivity index (χ1n) is 5.44. The van der Waals surface area contributed by atoms with Gasteiger partial charge in [0.25, 0.3) is 0 Å². The molecule has 0 aromatic heterocycles. The van der Waals surface area contributed by atoms with E-state index in [1.165, 1.54) is 0 Å². The Balaban J connectivity index is 1.85. The molecular weight excluding hydrogens is 196 g/mol. The van der Waals surface area contributed by atoms with Gasteiger partial charge in [-0.3, -0.25) is 9.69 Å². The molecule has 1 amide bonds. The number of aliphatic hydroxyl groups excluding tert-OH is 1. The van der Waals surface area contributed by atoms with Gasteiger partial charge in [0.1, 0.15) is 0 Å². The van der Waals surface area contributed by atoms with Gasteiger partial charge in [0.15, 0.2) is 0 Å². The van der Waals surface area contributed by atoms with Crippen molar-refractivity contribution >= 4 is 5.91 Å². The van der Waals surface area contributed by atoms with Gasteiger partial charge in [-0.15, -0.1) is 0 Å². The summed E-state index contributed by atoms with van der Waals surface area (Å²) in [5, 5.41) is 9.67. The van der Waals surface area contributed by atoms with Crippen LogP contribution in [0.15, 0.2) is 0 Å². The highest BCUT2D eigenvalue weighted by atomic mass is 16.5. The Morgan fingerprint density at radius 3 is 2.40 bits per heavy atom. The molecule has 2 atom stereocenters. The van der Waals surface area contributed by atoms with Crippen molar-refractivity contribution in [2.75, 3.05) is 39.4 Å². The molecule has 2 aliphatic heterocycles. The van der Waals surface area contributed by atoms with Crippen molar-refractivity contribution in [3.8, 4) is 0 Å². The Bertz CT molecular complexity index is 239. The monoisotopic (exact) mass is 214 g/mol. The van der Waals surface area contributed by atoms with Gasteiger partial charge in [-0.2, -0.15) is 0 Å². The zero-order valence-electron chi connectivity index (χ0n) is 9.06. The second kappa shape index (κ2) is 4.47. The van der Waals surface area contributed by atoms with Crippen LogP contribution in [-0.4, -0.2) is 72.4 Å². The summed E-state index contributed by atoms with van der Waals surface area (Å²) in [4.78, 5) is 15.2. The van der Waals surface area contributed by atoms with Crippen molar-refractivity contribution in [3.63, 3.8) is 0 Å². The van der Waals surface area contributed by atoms with Gasteiger partial charge >= 0.3 is 0 Å². The molecule has 0 spiro atoms. The normalized spacial score (nSPS) is 33.3. The van der Waals surface area contributed by atoms with Crippen molar-refractivity contribution < 1.29 is 14.6 Å². The van der Waals surface area contributed by atoms with Crippen molar-refractivity contribution in [1.82, 2.24) is 9.80 Å². The van der Waals surface area contributed by atoms with Crippen LogP contribution in [0.2, 0.25) is 0 Å². The second-order valence-corrected chi connectivity index (χ2v) is 4.21. The molecule has 0 saturated carbocycles. The predicted molar refractivity (Wildman–Crippen MR) is 54.4 cm³/mol. The van der Waals surface area contributed by atoms with Crippen LogP contribution in [0.5, 0.6) is 0 Å². The number of hydrogen-bond acceptors (Lipinski definition) is 4. The lowest BCUT2D eigenvalue weighted by molar-refractivity contribution is -0.131. The number of rotatable bonds is 1. The van der Waals surface area contributed by atoms with E-state index >= 15 is 0 Å². The Kier molecular flexibility index (Phi) is 3.23. The Hall–Kier alpha value is -0.650. The van der Waals surface area contributed by atoms with E-state index in [1.54, 1.807) is 6.92 Å². The molecule has 0 unspecified atom stereocenters. The quantitative estimate of drug-likeness (QED) is 0.602. The minimum atomic E-state index is -0.367. The maximum atomic E-state index is 11.1. The largest absolute Gasteiger partial charge is 0.389 e. The zero-order valence-corrected chi connectivity index (χ0v) is 9.06. The summed E-state index contributed by atoms with van der Waals surface area (Å²) in [7, 11) is 0. The maximum absolute atomic E-state index is 11.1. The summed E-state index contributed by atoms with van der Waals surface area (Å²) in [6, 6.07) is 0.124. The number of hydrogen-bond donors (Lipinski definition) is 1. The van der Waals surface area contributed by atoms with E-state index in [0.717, 1.165) is 26.2 Å². The molecule has 0 aromatic carbocycles. The van der Waals surface area contributed by atoms with Crippen LogP contribution in [0, 0.1) is 0 Å². The Morgan fingerprint density at radius 2 is 1.93 bits per heavy atom. The van der Waals surface area contributed by atoms with Crippen molar-refractivity contribution in [3.05, 3.63) is 0 Å². The molecule has 5 heteroatoms. The summed E-state index contributed by atoms with van der Waals surface area (Å²) >= 11 is 0. The highest BCUT2D eigenvalue weighted by Gasteiger charge is 2.33. The average Bonchev–Trinajstić information content (AvgIpc) is 2.65. The summed E-state index contributed by atoms with van der Waals surface area (Å²) in [6.07, 6.45) is -0.367. The molecule has 2 aliphatic rings. The summed E-state index contributed by atoms with van der Waals surface area (Å²) in [5.41, 5.74) is 0. The summed E-state index contributed by atoms with van der Waals surface area (Å²) in [5.74, 6) is 0.137. The molecule has 5 nitrogen and oxygen atoms in total. The minimum absolute atomic E-state index is 0.124. The molecule has 2 fully saturated rings. The number of aliphatic hydroxyl groups is 1. The lowest BCUT2D eigenvalue weighted by atomic mass is 10.1. The fourth-order valence-corrected chi connectivity index (χ4v) is 2.25. The lowest BCUT2D eigenvalue weighted by Gasteiger charge is -2.37. The zero-order chi connectivity index (χ0) is 10.8. The highest BCUT2D eigenvalue weighted by molar-refractivity contribution is 5.73. The molecule has 2 rings (SSSR count). The van der Waals surface area contributed by atoms with Crippen LogP contribution in [-0.2, 0) is 9.53 Å². The Morgan fingerprint density at radius 1 is 1.27 bits per heavy atom. The van der Waals surface area contributed by atoms with Gasteiger partial charge in [0.2, 0.25) is 5.91 Å². The number of ether oxygens (including phenoxy) is 1. The van der Waals surface area contributed by atoms with E-state index in [9.17, 15) is 9.90 Å². The maximum Gasteiger partial charge on any atom is 0.219 e. The summed E-state index contributed by atoms with van der Waals surface area (Å²) in [6.45, 7) is 5.86. The molecule has 2 saturated heterocycles. The minimum Gasteiger partial charge on any atom is -0.389 e. The van der Waals surface area contributed by atoms with Crippen LogP contribution in [0.25, 0.3) is 0 Å². The van der Waals surface area contributed by atoms with E-state index in [-0.39, 0.29) is 18.1 Å². The first-order valence-corrected chi connectivity index (χ1v) is 5.44. The molecule has 0 aromatic rings. The van der Waals surface area contributed by atoms with Crippen LogP contribution in [0.3, 0.4) is 0 Å². The third-order valence-electron chi connectivity index (χ3n) is 3.25. The van der Waals surface area contributed by atoms with Gasteiger partial charge in [0, 0.05) is 33.1 Å². The topological polar surface area (TPSA) is 53.0 Å². The summed E-state index contributed by atoms with van der Waals surface area (Å²) < 4.78 is 5.22. The highest BCUT2D eigenvalue weighted by Crippen LogP contribution is 2.15. The third-order valence-corrected chi connectivity index (χ3v) is 3.25. The first-order chi connectivity index (χ1) is 7.18. The van der Waals surface area contributed by atoms with Crippen LogP contribution in [0.4, 0.5) is 0 Å².